The summed E-state index contributed by atoms with van der Waals surface area (Å²) in [7, 11) is -3.95. The molecule has 0 fully saturated rings. The first-order chi connectivity index (χ1) is 13.3. The summed E-state index contributed by atoms with van der Waals surface area (Å²) < 4.78 is 32.7. The lowest BCUT2D eigenvalue weighted by Gasteiger charge is -2.11. The molecule has 1 amide bonds. The second-order valence-corrected chi connectivity index (χ2v) is 8.54. The van der Waals surface area contributed by atoms with Crippen molar-refractivity contribution in [3.8, 4) is 0 Å². The Morgan fingerprint density at radius 3 is 2.61 bits per heavy atom. The lowest BCUT2D eigenvalue weighted by Crippen LogP contribution is -2.24. The molecule has 146 valence electrons. The first-order valence-corrected chi connectivity index (χ1v) is 10.4. The van der Waals surface area contributed by atoms with E-state index in [-0.39, 0.29) is 22.0 Å². The molecular formula is C19H16Cl2N2O4S. The number of amides is 1. The van der Waals surface area contributed by atoms with Crippen LogP contribution in [0.2, 0.25) is 10.0 Å². The number of rotatable bonds is 6. The van der Waals surface area contributed by atoms with Gasteiger partial charge in [-0.3, -0.25) is 4.79 Å². The van der Waals surface area contributed by atoms with Crippen molar-refractivity contribution in [2.24, 2.45) is 0 Å². The molecule has 0 spiro atoms. The molecule has 6 nitrogen and oxygen atoms in total. The van der Waals surface area contributed by atoms with E-state index in [4.69, 9.17) is 27.6 Å². The van der Waals surface area contributed by atoms with E-state index in [9.17, 15) is 13.2 Å². The molecule has 0 bridgehead atoms. The van der Waals surface area contributed by atoms with E-state index in [1.807, 2.05) is 6.92 Å². The zero-order valence-electron chi connectivity index (χ0n) is 14.7. The van der Waals surface area contributed by atoms with Crippen LogP contribution >= 0.6 is 23.2 Å². The fourth-order valence-corrected chi connectivity index (χ4v) is 4.12. The summed E-state index contributed by atoms with van der Waals surface area (Å²) in [6.45, 7) is 1.78. The van der Waals surface area contributed by atoms with Crippen molar-refractivity contribution in [1.82, 2.24) is 4.72 Å². The van der Waals surface area contributed by atoms with E-state index in [1.165, 1.54) is 24.5 Å². The molecule has 3 rings (SSSR count). The Morgan fingerprint density at radius 1 is 1.11 bits per heavy atom. The highest BCUT2D eigenvalue weighted by molar-refractivity contribution is 7.89. The fourth-order valence-electron chi connectivity index (χ4n) is 2.43. The predicted octanol–water partition coefficient (Wildman–Crippen LogP) is 4.63. The molecule has 0 saturated carbocycles. The van der Waals surface area contributed by atoms with Gasteiger partial charge in [-0.2, -0.15) is 0 Å². The van der Waals surface area contributed by atoms with Gasteiger partial charge in [-0.05, 0) is 55.0 Å². The number of halogens is 2. The predicted molar refractivity (Wildman–Crippen MR) is 108 cm³/mol. The molecule has 9 heteroatoms. The minimum Gasteiger partial charge on any atom is -0.468 e. The number of hydrogen-bond acceptors (Lipinski definition) is 4. The van der Waals surface area contributed by atoms with E-state index in [0.29, 0.717) is 16.5 Å². The number of nitrogens with one attached hydrogen (secondary N) is 2. The average molecular weight is 439 g/mol. The number of hydrogen-bond donors (Lipinski definition) is 2. The van der Waals surface area contributed by atoms with E-state index >= 15 is 0 Å². The first-order valence-electron chi connectivity index (χ1n) is 8.15. The smallest absolute Gasteiger partial charge is 0.255 e. The lowest BCUT2D eigenvalue weighted by molar-refractivity contribution is 0.102. The summed E-state index contributed by atoms with van der Waals surface area (Å²) in [5.74, 6) is -0.0328. The van der Waals surface area contributed by atoms with Gasteiger partial charge in [0.05, 0.1) is 17.8 Å². The molecule has 0 aliphatic rings. The number of anilines is 1. The molecule has 0 atom stereocenters. The molecule has 0 aliphatic carbocycles. The van der Waals surface area contributed by atoms with Crippen molar-refractivity contribution < 1.29 is 17.6 Å². The summed E-state index contributed by atoms with van der Waals surface area (Å²) in [4.78, 5) is 12.4. The van der Waals surface area contributed by atoms with Crippen molar-refractivity contribution in [3.05, 3.63) is 81.7 Å². The van der Waals surface area contributed by atoms with Gasteiger partial charge in [0.25, 0.3) is 5.91 Å². The number of carbonyl (C=O) groups excluding carboxylic acids is 1. The van der Waals surface area contributed by atoms with Gasteiger partial charge in [-0.25, -0.2) is 13.1 Å². The molecule has 28 heavy (non-hydrogen) atoms. The Morgan fingerprint density at radius 2 is 1.89 bits per heavy atom. The molecule has 0 unspecified atom stereocenters. The standard InChI is InChI=1S/C19H16Cl2N2O4S/c1-12-4-6-14(20)10-17(12)23-19(24)13-5-7-16(21)18(9-13)28(25,26)22-11-15-3-2-8-27-15/h2-10,22H,11H2,1H3,(H,23,24). The highest BCUT2D eigenvalue weighted by Crippen LogP contribution is 2.25. The minimum atomic E-state index is -3.95. The van der Waals surface area contributed by atoms with Crippen LogP contribution in [-0.4, -0.2) is 14.3 Å². The Labute approximate surface area is 172 Å². The van der Waals surface area contributed by atoms with Crippen LogP contribution in [0.25, 0.3) is 0 Å². The third kappa shape index (κ3) is 4.74. The maximum atomic E-state index is 12.6. The van der Waals surface area contributed by atoms with E-state index in [1.54, 1.807) is 30.3 Å². The minimum absolute atomic E-state index is 0.00225. The topological polar surface area (TPSA) is 88.4 Å². The highest BCUT2D eigenvalue weighted by atomic mass is 35.5. The maximum absolute atomic E-state index is 12.6. The lowest BCUT2D eigenvalue weighted by atomic mass is 10.1. The molecule has 2 aromatic carbocycles. The normalized spacial score (nSPS) is 11.4. The summed E-state index contributed by atoms with van der Waals surface area (Å²) in [6, 6.07) is 12.4. The number of carbonyl (C=O) groups is 1. The molecule has 0 aliphatic heterocycles. The van der Waals surface area contributed by atoms with Gasteiger partial charge in [-0.1, -0.05) is 29.3 Å². The molecular weight excluding hydrogens is 423 g/mol. The number of aryl methyl sites for hydroxylation is 1. The van der Waals surface area contributed by atoms with Gasteiger partial charge in [0.1, 0.15) is 10.7 Å². The number of benzene rings is 2. The third-order valence-electron chi connectivity index (χ3n) is 3.95. The van der Waals surface area contributed by atoms with Crippen molar-refractivity contribution in [3.63, 3.8) is 0 Å². The quantitative estimate of drug-likeness (QED) is 0.587. The van der Waals surface area contributed by atoms with Gasteiger partial charge < -0.3 is 9.73 Å². The number of furan rings is 1. The molecule has 1 heterocycles. The maximum Gasteiger partial charge on any atom is 0.255 e. The third-order valence-corrected chi connectivity index (χ3v) is 6.07. The van der Waals surface area contributed by atoms with Crippen LogP contribution < -0.4 is 10.0 Å². The second-order valence-electron chi connectivity index (χ2n) is 5.96. The zero-order chi connectivity index (χ0) is 20.3. The molecule has 0 saturated heterocycles. The Balaban J connectivity index is 1.84. The largest absolute Gasteiger partial charge is 0.468 e. The van der Waals surface area contributed by atoms with Crippen LogP contribution in [0.4, 0.5) is 5.69 Å². The second kappa shape index (κ2) is 8.36. The van der Waals surface area contributed by atoms with E-state index in [0.717, 1.165) is 5.56 Å². The Hall–Kier alpha value is -2.32. The van der Waals surface area contributed by atoms with Gasteiger partial charge in [0.15, 0.2) is 0 Å². The van der Waals surface area contributed by atoms with E-state index in [2.05, 4.69) is 10.0 Å². The summed E-state index contributed by atoms with van der Waals surface area (Å²) in [5, 5.41) is 3.20. The van der Waals surface area contributed by atoms with E-state index < -0.39 is 15.9 Å². The van der Waals surface area contributed by atoms with Crippen LogP contribution in [-0.2, 0) is 16.6 Å². The van der Waals surface area contributed by atoms with Crippen LogP contribution in [0, 0.1) is 6.92 Å². The van der Waals surface area contributed by atoms with Gasteiger partial charge in [0.2, 0.25) is 10.0 Å². The Bertz CT molecular complexity index is 1110. The van der Waals surface area contributed by atoms with Crippen LogP contribution in [0.5, 0.6) is 0 Å². The van der Waals surface area contributed by atoms with Gasteiger partial charge in [-0.15, -0.1) is 0 Å². The molecule has 2 N–H and O–H groups in total. The number of sulfonamides is 1. The fraction of sp³-hybridized carbons (Fsp3) is 0.105. The average Bonchev–Trinajstić information content (AvgIpc) is 3.17. The summed E-state index contributed by atoms with van der Waals surface area (Å²) >= 11 is 12.0. The van der Waals surface area contributed by atoms with Crippen molar-refractivity contribution in [2.45, 2.75) is 18.4 Å². The van der Waals surface area contributed by atoms with Gasteiger partial charge in [0, 0.05) is 16.3 Å². The molecule has 0 radical (unpaired) electrons. The van der Waals surface area contributed by atoms with Gasteiger partial charge >= 0.3 is 0 Å². The van der Waals surface area contributed by atoms with Crippen LogP contribution in [0.15, 0.2) is 64.1 Å². The molecule has 3 aromatic rings. The molecule has 1 aromatic heterocycles. The monoisotopic (exact) mass is 438 g/mol. The highest BCUT2D eigenvalue weighted by Gasteiger charge is 2.21. The Kier molecular flexibility index (Phi) is 6.10. The van der Waals surface area contributed by atoms with Crippen molar-refractivity contribution in [1.29, 1.82) is 0 Å². The van der Waals surface area contributed by atoms with Crippen LogP contribution in [0.1, 0.15) is 21.7 Å². The SMILES string of the molecule is Cc1ccc(Cl)cc1NC(=O)c1ccc(Cl)c(S(=O)(=O)NCc2ccco2)c1. The van der Waals surface area contributed by atoms with Crippen molar-refractivity contribution >= 4 is 44.8 Å². The summed E-state index contributed by atoms with van der Waals surface area (Å²) in [6.07, 6.45) is 1.44. The van der Waals surface area contributed by atoms with Crippen LogP contribution in [0.3, 0.4) is 0 Å². The summed E-state index contributed by atoms with van der Waals surface area (Å²) in [5.41, 5.74) is 1.50. The zero-order valence-corrected chi connectivity index (χ0v) is 17.0. The van der Waals surface area contributed by atoms with Crippen molar-refractivity contribution in [2.75, 3.05) is 5.32 Å². The first kappa shape index (κ1) is 20.4.